The maximum absolute atomic E-state index is 11.5. The van der Waals surface area contributed by atoms with E-state index in [-0.39, 0.29) is 11.3 Å². The Morgan fingerprint density at radius 1 is 1.14 bits per heavy atom. The fourth-order valence-corrected chi connectivity index (χ4v) is 1.41. The van der Waals surface area contributed by atoms with Gasteiger partial charge >= 0.3 is 17.9 Å². The van der Waals surface area contributed by atoms with Crippen LogP contribution in [0.2, 0.25) is 0 Å². The van der Waals surface area contributed by atoms with E-state index in [1.807, 2.05) is 6.92 Å². The Labute approximate surface area is 127 Å². The van der Waals surface area contributed by atoms with Crippen molar-refractivity contribution in [3.8, 4) is 11.5 Å². The Hall–Kier alpha value is -2.83. The van der Waals surface area contributed by atoms with Crippen molar-refractivity contribution >= 4 is 17.9 Å². The summed E-state index contributed by atoms with van der Waals surface area (Å²) < 4.78 is 14.8. The largest absolute Gasteiger partial charge is 0.494 e. The Morgan fingerprint density at radius 2 is 1.73 bits per heavy atom. The molecule has 0 aliphatic heterocycles. The zero-order chi connectivity index (χ0) is 16.5. The smallest absolute Gasteiger partial charge is 0.349 e. The van der Waals surface area contributed by atoms with Crippen LogP contribution in [0.4, 0.5) is 0 Å². The number of carbonyl (C=O) groups excluding carboxylic acids is 2. The van der Waals surface area contributed by atoms with Crippen molar-refractivity contribution in [1.82, 2.24) is 0 Å². The van der Waals surface area contributed by atoms with Gasteiger partial charge in [0.15, 0.2) is 6.61 Å². The van der Waals surface area contributed by atoms with Gasteiger partial charge in [-0.15, -0.1) is 0 Å². The quantitative estimate of drug-likeness (QED) is 0.463. The number of rotatable bonds is 7. The third-order valence-electron chi connectivity index (χ3n) is 2.35. The van der Waals surface area contributed by atoms with Crippen LogP contribution < -0.4 is 9.47 Å². The second-order valence-corrected chi connectivity index (χ2v) is 4.12. The number of hydrogen-bond acceptors (Lipinski definition) is 6. The van der Waals surface area contributed by atoms with Gasteiger partial charge in [-0.05, 0) is 38.1 Å². The molecule has 0 amide bonds. The van der Waals surface area contributed by atoms with Gasteiger partial charge in [-0.25, -0.2) is 14.4 Å². The van der Waals surface area contributed by atoms with Crippen molar-refractivity contribution in [2.75, 3.05) is 13.2 Å². The lowest BCUT2D eigenvalue weighted by Crippen LogP contribution is -2.19. The van der Waals surface area contributed by atoms with Gasteiger partial charge in [0.05, 0.1) is 6.61 Å². The molecule has 7 nitrogen and oxygen atoms in total. The fourth-order valence-electron chi connectivity index (χ4n) is 1.41. The van der Waals surface area contributed by atoms with Crippen LogP contribution in [0.15, 0.2) is 35.9 Å². The Morgan fingerprint density at radius 3 is 2.27 bits per heavy atom. The first kappa shape index (κ1) is 17.2. The monoisotopic (exact) mass is 308 g/mol. The average Bonchev–Trinajstić information content (AvgIpc) is 2.46. The average molecular weight is 308 g/mol. The van der Waals surface area contributed by atoms with E-state index in [9.17, 15) is 14.4 Å². The zero-order valence-electron chi connectivity index (χ0n) is 12.2. The van der Waals surface area contributed by atoms with Gasteiger partial charge in [0.1, 0.15) is 11.5 Å². The van der Waals surface area contributed by atoms with Crippen LogP contribution in [0.5, 0.6) is 11.5 Å². The van der Waals surface area contributed by atoms with E-state index in [2.05, 4.69) is 4.74 Å². The van der Waals surface area contributed by atoms with Crippen LogP contribution >= 0.6 is 0 Å². The van der Waals surface area contributed by atoms with Crippen molar-refractivity contribution in [1.29, 1.82) is 0 Å². The van der Waals surface area contributed by atoms with Crippen LogP contribution in [0.25, 0.3) is 0 Å². The molecule has 0 unspecified atom stereocenters. The third-order valence-corrected chi connectivity index (χ3v) is 2.35. The van der Waals surface area contributed by atoms with Crippen LogP contribution in [0, 0.1) is 0 Å². The summed E-state index contributed by atoms with van der Waals surface area (Å²) in [5.74, 6) is -2.02. The molecule has 0 atom stereocenters. The van der Waals surface area contributed by atoms with Gasteiger partial charge in [-0.2, -0.15) is 0 Å². The number of carboxylic acid groups (broad SMARTS) is 1. The van der Waals surface area contributed by atoms with Crippen molar-refractivity contribution in [2.45, 2.75) is 13.8 Å². The van der Waals surface area contributed by atoms with E-state index in [0.717, 1.165) is 0 Å². The molecule has 118 valence electrons. The summed E-state index contributed by atoms with van der Waals surface area (Å²) in [6, 6.07) is 6.36. The molecule has 1 aromatic carbocycles. The first-order chi connectivity index (χ1) is 10.4. The molecule has 0 aliphatic carbocycles. The lowest BCUT2D eigenvalue weighted by atomic mass is 10.3. The van der Waals surface area contributed by atoms with E-state index < -0.39 is 24.5 Å². The second-order valence-electron chi connectivity index (χ2n) is 4.12. The van der Waals surface area contributed by atoms with Crippen LogP contribution in [0.3, 0.4) is 0 Å². The van der Waals surface area contributed by atoms with Crippen molar-refractivity contribution in [3.63, 3.8) is 0 Å². The third kappa shape index (κ3) is 6.08. The highest BCUT2D eigenvalue weighted by Gasteiger charge is 2.12. The van der Waals surface area contributed by atoms with E-state index in [1.165, 1.54) is 6.92 Å². The Bertz CT molecular complexity index is 572. The minimum atomic E-state index is -1.27. The van der Waals surface area contributed by atoms with E-state index in [1.54, 1.807) is 24.3 Å². The van der Waals surface area contributed by atoms with Gasteiger partial charge in [0.25, 0.3) is 0 Å². The van der Waals surface area contributed by atoms with Crippen molar-refractivity contribution < 1.29 is 33.7 Å². The highest BCUT2D eigenvalue weighted by molar-refractivity contribution is 5.95. The minimum absolute atomic E-state index is 0.124. The number of esters is 2. The first-order valence-electron chi connectivity index (χ1n) is 6.44. The summed E-state index contributed by atoms with van der Waals surface area (Å²) in [5.41, 5.74) is -0.124. The predicted octanol–water partition coefficient (Wildman–Crippen LogP) is 1.56. The van der Waals surface area contributed by atoms with Crippen LogP contribution in [0.1, 0.15) is 13.8 Å². The normalized spacial score (nSPS) is 10.7. The van der Waals surface area contributed by atoms with Crippen LogP contribution in [-0.4, -0.2) is 36.2 Å². The second kappa shape index (κ2) is 8.46. The van der Waals surface area contributed by atoms with Gasteiger partial charge in [-0.1, -0.05) is 0 Å². The zero-order valence-corrected chi connectivity index (χ0v) is 12.2. The van der Waals surface area contributed by atoms with E-state index in [4.69, 9.17) is 14.6 Å². The molecule has 0 fully saturated rings. The summed E-state index contributed by atoms with van der Waals surface area (Å²) in [6.07, 6.45) is 0.695. The summed E-state index contributed by atoms with van der Waals surface area (Å²) in [7, 11) is 0. The molecule has 22 heavy (non-hydrogen) atoms. The summed E-state index contributed by atoms with van der Waals surface area (Å²) in [4.78, 5) is 33.3. The number of carbonyl (C=O) groups is 3. The van der Waals surface area contributed by atoms with E-state index >= 15 is 0 Å². The molecule has 1 N–H and O–H groups in total. The SMILES string of the molecule is CCOc1ccc(OC(=O)COC(=O)/C(C)=C/C(=O)O)cc1. The molecule has 0 saturated heterocycles. The Kier molecular flexibility index (Phi) is 6.62. The maximum Gasteiger partial charge on any atom is 0.349 e. The molecular formula is C15H16O7. The molecule has 7 heteroatoms. The maximum atomic E-state index is 11.5. The van der Waals surface area contributed by atoms with Gasteiger partial charge < -0.3 is 19.3 Å². The van der Waals surface area contributed by atoms with Crippen molar-refractivity contribution in [2.24, 2.45) is 0 Å². The number of aliphatic carboxylic acids is 1. The van der Waals surface area contributed by atoms with E-state index in [0.29, 0.717) is 18.4 Å². The van der Waals surface area contributed by atoms with Gasteiger partial charge in [-0.3, -0.25) is 0 Å². The first-order valence-corrected chi connectivity index (χ1v) is 6.44. The number of benzene rings is 1. The molecule has 1 rings (SSSR count). The molecule has 0 spiro atoms. The topological polar surface area (TPSA) is 99.1 Å². The summed E-state index contributed by atoms with van der Waals surface area (Å²) in [5, 5.41) is 8.48. The van der Waals surface area contributed by atoms with Crippen LogP contribution in [-0.2, 0) is 19.1 Å². The number of hydrogen-bond donors (Lipinski definition) is 1. The fraction of sp³-hybridized carbons (Fsp3) is 0.267. The molecular weight excluding hydrogens is 292 g/mol. The Balaban J connectivity index is 2.46. The number of carboxylic acids is 1. The molecule has 0 heterocycles. The molecule has 0 aliphatic rings. The molecule has 1 aromatic rings. The van der Waals surface area contributed by atoms with Gasteiger partial charge in [0.2, 0.25) is 0 Å². The lowest BCUT2D eigenvalue weighted by molar-refractivity contribution is -0.150. The van der Waals surface area contributed by atoms with Gasteiger partial charge in [0, 0.05) is 11.6 Å². The number of ether oxygens (including phenoxy) is 3. The predicted molar refractivity (Wildman–Crippen MR) is 75.6 cm³/mol. The summed E-state index contributed by atoms with van der Waals surface area (Å²) in [6.45, 7) is 3.03. The minimum Gasteiger partial charge on any atom is -0.494 e. The molecule has 0 bridgehead atoms. The molecule has 0 saturated carbocycles. The molecule has 0 aromatic heterocycles. The van der Waals surface area contributed by atoms with Crippen molar-refractivity contribution in [3.05, 3.63) is 35.9 Å². The molecule has 0 radical (unpaired) electrons. The summed E-state index contributed by atoms with van der Waals surface area (Å²) >= 11 is 0. The highest BCUT2D eigenvalue weighted by atomic mass is 16.6. The highest BCUT2D eigenvalue weighted by Crippen LogP contribution is 2.17. The standard InChI is InChI=1S/C15H16O7/c1-3-20-11-4-6-12(7-5-11)22-14(18)9-21-15(19)10(2)8-13(16)17/h4-8H,3,9H2,1-2H3,(H,16,17)/b10-8+. The lowest BCUT2D eigenvalue weighted by Gasteiger charge is -2.07.